The molecule has 0 aromatic heterocycles. The third-order valence-corrected chi connectivity index (χ3v) is 5.43. The van der Waals surface area contributed by atoms with E-state index in [1.54, 1.807) is 13.8 Å². The molecule has 1 unspecified atom stereocenters. The molecule has 4 radical (unpaired) electrons. The van der Waals surface area contributed by atoms with E-state index < -0.39 is 10.8 Å². The highest BCUT2D eigenvalue weighted by molar-refractivity contribution is 6.41. The maximum absolute atomic E-state index is 10.5. The third-order valence-electron chi connectivity index (χ3n) is 5.43. The van der Waals surface area contributed by atoms with E-state index in [2.05, 4.69) is 20.8 Å². The van der Waals surface area contributed by atoms with Gasteiger partial charge in [-0.1, -0.05) is 83.8 Å². The Bertz CT molecular complexity index is 284. The number of rotatable bonds is 13. The van der Waals surface area contributed by atoms with Crippen LogP contribution in [0.4, 0.5) is 0 Å². The number of aliphatic hydroxyl groups is 1. The van der Waals surface area contributed by atoms with Crippen molar-refractivity contribution < 1.29 is 5.11 Å². The van der Waals surface area contributed by atoms with Gasteiger partial charge in [0.1, 0.15) is 0 Å². The fourth-order valence-electron chi connectivity index (χ4n) is 3.34. The van der Waals surface area contributed by atoms with Gasteiger partial charge in [-0.15, -0.1) is 0 Å². The fraction of sp³-hybridized carbons (Fsp3) is 1.00. The standard InChI is InChI=1S/C19H38B2O/c1-6-8-10-12-14-16-18(5,15-13-11-9-7-2)19(20,21)17(3,4)22/h22H,6-16H2,1-5H3. The molecule has 1 nitrogen and oxygen atoms in total. The van der Waals surface area contributed by atoms with Gasteiger partial charge in [0.25, 0.3) is 0 Å². The molecule has 0 aromatic rings. The van der Waals surface area contributed by atoms with Crippen LogP contribution in [0.3, 0.4) is 0 Å². The number of hydrogen-bond acceptors (Lipinski definition) is 1. The van der Waals surface area contributed by atoms with Crippen LogP contribution in [0.2, 0.25) is 5.21 Å². The normalized spacial score (nSPS) is 15.7. The van der Waals surface area contributed by atoms with Crippen molar-refractivity contribution in [3.8, 4) is 0 Å². The first-order valence-corrected chi connectivity index (χ1v) is 9.42. The molecule has 0 bridgehead atoms. The van der Waals surface area contributed by atoms with Crippen LogP contribution in [0.15, 0.2) is 0 Å². The molecule has 0 saturated carbocycles. The van der Waals surface area contributed by atoms with Gasteiger partial charge in [-0.3, -0.25) is 0 Å². The topological polar surface area (TPSA) is 20.2 Å². The van der Waals surface area contributed by atoms with Crippen molar-refractivity contribution in [1.29, 1.82) is 0 Å². The summed E-state index contributed by atoms with van der Waals surface area (Å²) in [7, 11) is 12.9. The van der Waals surface area contributed by atoms with Gasteiger partial charge < -0.3 is 5.11 Å². The summed E-state index contributed by atoms with van der Waals surface area (Å²) in [6, 6.07) is 0. The lowest BCUT2D eigenvalue weighted by Gasteiger charge is -2.53. The molecule has 1 N–H and O–H groups in total. The molecular weight excluding hydrogens is 266 g/mol. The maximum Gasteiger partial charge on any atom is 0.0665 e. The molecule has 0 rings (SSSR count). The highest BCUT2D eigenvalue weighted by atomic mass is 16.3. The molecule has 0 spiro atoms. The smallest absolute Gasteiger partial charge is 0.0665 e. The summed E-state index contributed by atoms with van der Waals surface area (Å²) in [5, 5.41) is 9.42. The van der Waals surface area contributed by atoms with Crippen LogP contribution in [0.1, 0.15) is 105 Å². The second kappa shape index (κ2) is 10.1. The Kier molecular flexibility index (Phi) is 10.1. The maximum atomic E-state index is 10.5. The quantitative estimate of drug-likeness (QED) is 0.349. The van der Waals surface area contributed by atoms with Crippen molar-refractivity contribution in [2.24, 2.45) is 5.41 Å². The molecule has 22 heavy (non-hydrogen) atoms. The first-order chi connectivity index (χ1) is 10.1. The Morgan fingerprint density at radius 1 is 0.682 bits per heavy atom. The molecule has 0 aliphatic rings. The molecule has 0 heterocycles. The van der Waals surface area contributed by atoms with Crippen molar-refractivity contribution >= 4 is 15.7 Å². The lowest BCUT2D eigenvalue weighted by Crippen LogP contribution is -2.49. The summed E-state index contributed by atoms with van der Waals surface area (Å²) in [5.74, 6) is 0. The highest BCUT2D eigenvalue weighted by Crippen LogP contribution is 2.54. The van der Waals surface area contributed by atoms with Crippen LogP contribution in [0.25, 0.3) is 0 Å². The molecule has 0 aliphatic heterocycles. The average Bonchev–Trinajstić information content (AvgIpc) is 2.42. The molecule has 0 fully saturated rings. The second-order valence-electron chi connectivity index (χ2n) is 7.96. The first kappa shape index (κ1) is 22.1. The van der Waals surface area contributed by atoms with Crippen LogP contribution in [-0.2, 0) is 0 Å². The number of unbranched alkanes of at least 4 members (excludes halogenated alkanes) is 7. The Morgan fingerprint density at radius 3 is 1.41 bits per heavy atom. The van der Waals surface area contributed by atoms with E-state index >= 15 is 0 Å². The predicted molar refractivity (Wildman–Crippen MR) is 101 cm³/mol. The molecule has 3 heteroatoms. The van der Waals surface area contributed by atoms with Gasteiger partial charge in [-0.05, 0) is 32.1 Å². The van der Waals surface area contributed by atoms with E-state index in [4.69, 9.17) is 15.7 Å². The minimum Gasteiger partial charge on any atom is -0.391 e. The largest absolute Gasteiger partial charge is 0.391 e. The second-order valence-corrected chi connectivity index (χ2v) is 7.96. The Morgan fingerprint density at radius 2 is 1.05 bits per heavy atom. The van der Waals surface area contributed by atoms with Crippen LogP contribution in [-0.4, -0.2) is 26.4 Å². The fourth-order valence-corrected chi connectivity index (χ4v) is 3.34. The first-order valence-electron chi connectivity index (χ1n) is 9.42. The van der Waals surface area contributed by atoms with Gasteiger partial charge in [-0.25, -0.2) is 0 Å². The van der Waals surface area contributed by atoms with E-state index in [1.165, 1.54) is 44.9 Å². The summed E-state index contributed by atoms with van der Waals surface area (Å²) in [5.41, 5.74) is -1.29. The molecule has 0 aromatic carbocycles. The van der Waals surface area contributed by atoms with E-state index in [0.29, 0.717) is 0 Å². The molecule has 0 aliphatic carbocycles. The van der Waals surface area contributed by atoms with Gasteiger partial charge in [0.2, 0.25) is 0 Å². The SMILES string of the molecule is [B]C([B])(C(C)(C)O)C(C)(CCCCCC)CCCCCCC. The van der Waals surface area contributed by atoms with Gasteiger partial charge in [0, 0.05) is 0 Å². The van der Waals surface area contributed by atoms with Gasteiger partial charge in [-0.2, -0.15) is 0 Å². The van der Waals surface area contributed by atoms with E-state index in [-0.39, 0.29) is 5.41 Å². The summed E-state index contributed by atoms with van der Waals surface area (Å²) >= 11 is 0. The van der Waals surface area contributed by atoms with Crippen molar-refractivity contribution in [3.05, 3.63) is 0 Å². The monoisotopic (exact) mass is 304 g/mol. The minimum atomic E-state index is -1.07. The van der Waals surface area contributed by atoms with Crippen molar-refractivity contribution in [2.75, 3.05) is 0 Å². The van der Waals surface area contributed by atoms with E-state index in [9.17, 15) is 5.11 Å². The van der Waals surface area contributed by atoms with Crippen LogP contribution in [0, 0.1) is 5.41 Å². The molecule has 0 amide bonds. The summed E-state index contributed by atoms with van der Waals surface area (Å²) < 4.78 is 0. The zero-order chi connectivity index (χ0) is 17.3. The Balaban J connectivity index is 4.74. The van der Waals surface area contributed by atoms with Crippen molar-refractivity contribution in [2.45, 2.75) is 116 Å². The molecule has 1 atom stereocenters. The zero-order valence-corrected chi connectivity index (χ0v) is 15.9. The van der Waals surface area contributed by atoms with Gasteiger partial charge >= 0.3 is 0 Å². The summed E-state index contributed by atoms with van der Waals surface area (Å²) in [6.07, 6.45) is 13.1. The van der Waals surface area contributed by atoms with Crippen LogP contribution < -0.4 is 0 Å². The predicted octanol–water partition coefficient (Wildman–Crippen LogP) is 5.55. The Hall–Kier alpha value is 0.0899. The lowest BCUT2D eigenvalue weighted by atomic mass is 9.35. The van der Waals surface area contributed by atoms with E-state index in [0.717, 1.165) is 25.7 Å². The Labute approximate surface area is 142 Å². The van der Waals surface area contributed by atoms with E-state index in [1.807, 2.05) is 0 Å². The van der Waals surface area contributed by atoms with Crippen LogP contribution >= 0.6 is 0 Å². The van der Waals surface area contributed by atoms with Gasteiger partial charge in [0.15, 0.2) is 0 Å². The molecular formula is C19H38B2O. The highest BCUT2D eigenvalue weighted by Gasteiger charge is 2.47. The molecule has 0 saturated heterocycles. The summed E-state index contributed by atoms with van der Waals surface area (Å²) in [4.78, 5) is 0. The third kappa shape index (κ3) is 6.69. The average molecular weight is 304 g/mol. The lowest BCUT2D eigenvalue weighted by molar-refractivity contribution is -0.0000162. The van der Waals surface area contributed by atoms with Crippen LogP contribution in [0.5, 0.6) is 0 Å². The molecule has 126 valence electrons. The van der Waals surface area contributed by atoms with Crippen molar-refractivity contribution in [3.63, 3.8) is 0 Å². The number of hydrogen-bond donors (Lipinski definition) is 1. The summed E-state index contributed by atoms with van der Waals surface area (Å²) in [6.45, 7) is 10.1. The van der Waals surface area contributed by atoms with Crippen molar-refractivity contribution in [1.82, 2.24) is 0 Å². The minimum absolute atomic E-state index is 0.217. The van der Waals surface area contributed by atoms with Gasteiger partial charge in [0.05, 0.1) is 21.3 Å². The zero-order valence-electron chi connectivity index (χ0n) is 15.9.